The molecule has 2 saturated carbocycles. The summed E-state index contributed by atoms with van der Waals surface area (Å²) in [7, 11) is -5.37. The van der Waals surface area contributed by atoms with E-state index in [9.17, 15) is 30.4 Å². The SMILES string of the molecule is COc1cc(C(F)(F)F)ccc1[PH+](C1CCCC1)C1CCCC1.F[B-](F)(F)F. The fourth-order valence-corrected chi connectivity index (χ4v) is 8.69. The van der Waals surface area contributed by atoms with Crippen LogP contribution in [0.3, 0.4) is 0 Å². The fraction of sp³-hybridized carbons (Fsp3) is 0.667. The number of hydrogen-bond donors (Lipinski definition) is 0. The monoisotopic (exact) mass is 432 g/mol. The molecule has 2 aliphatic carbocycles. The van der Waals surface area contributed by atoms with Crippen LogP contribution in [0.5, 0.6) is 5.75 Å². The third-order valence-electron chi connectivity index (χ3n) is 5.43. The number of halogens is 7. The summed E-state index contributed by atoms with van der Waals surface area (Å²) in [5.74, 6) is 0.465. The van der Waals surface area contributed by atoms with E-state index in [-0.39, 0.29) is 0 Å². The number of methoxy groups -OCH3 is 1. The van der Waals surface area contributed by atoms with Crippen molar-refractivity contribution in [2.45, 2.75) is 68.9 Å². The van der Waals surface area contributed by atoms with Gasteiger partial charge < -0.3 is 22.0 Å². The summed E-state index contributed by atoms with van der Waals surface area (Å²) in [5, 5.41) is 1.10. The lowest BCUT2D eigenvalue weighted by molar-refractivity contribution is -0.137. The molecule has 1 nitrogen and oxygen atoms in total. The number of hydrogen-bond acceptors (Lipinski definition) is 1. The Morgan fingerprint density at radius 1 is 0.893 bits per heavy atom. The second-order valence-corrected chi connectivity index (χ2v) is 10.4. The number of alkyl halides is 3. The molecule has 2 aliphatic rings. The standard InChI is InChI=1S/C18H24F3OP.BF4/c1-22-16-12-13(18(19,20)21)10-11-17(16)23(14-6-2-3-7-14)15-8-4-5-9-15;2-1(3,4)5/h10-12,14-15H,2-9H2,1H3;/q;-1/p+1. The van der Waals surface area contributed by atoms with E-state index in [0.29, 0.717) is 17.1 Å². The van der Waals surface area contributed by atoms with Crippen molar-refractivity contribution in [1.82, 2.24) is 0 Å². The van der Waals surface area contributed by atoms with Crippen LogP contribution in [0.2, 0.25) is 0 Å². The molecule has 1 aromatic rings. The van der Waals surface area contributed by atoms with Crippen LogP contribution in [0.4, 0.5) is 30.4 Å². The van der Waals surface area contributed by atoms with Gasteiger partial charge in [-0.2, -0.15) is 13.2 Å². The van der Waals surface area contributed by atoms with E-state index in [0.717, 1.165) is 5.30 Å². The van der Waals surface area contributed by atoms with Crippen LogP contribution < -0.4 is 10.0 Å². The Balaban J connectivity index is 0.000000500. The van der Waals surface area contributed by atoms with Crippen molar-refractivity contribution in [3.05, 3.63) is 23.8 Å². The molecule has 160 valence electrons. The highest BCUT2D eigenvalue weighted by Gasteiger charge is 2.43. The normalized spacial score (nSPS) is 19.0. The molecule has 28 heavy (non-hydrogen) atoms. The Hall–Kier alpha value is -0.975. The van der Waals surface area contributed by atoms with Crippen LogP contribution >= 0.6 is 7.92 Å². The molecule has 0 aliphatic heterocycles. The van der Waals surface area contributed by atoms with Crippen molar-refractivity contribution in [2.75, 3.05) is 7.11 Å². The van der Waals surface area contributed by atoms with Gasteiger partial charge >= 0.3 is 13.4 Å². The van der Waals surface area contributed by atoms with E-state index in [4.69, 9.17) is 4.74 Å². The first kappa shape index (κ1) is 23.3. The Morgan fingerprint density at radius 2 is 1.32 bits per heavy atom. The Bertz CT molecular complexity index is 601. The third-order valence-corrected chi connectivity index (χ3v) is 9.38. The molecule has 0 amide bonds. The second-order valence-electron chi connectivity index (χ2n) is 7.33. The molecule has 1 aromatic carbocycles. The van der Waals surface area contributed by atoms with Gasteiger partial charge in [0.15, 0.2) is 5.75 Å². The molecule has 3 rings (SSSR count). The Morgan fingerprint density at radius 3 is 1.68 bits per heavy atom. The molecule has 2 fully saturated rings. The summed E-state index contributed by atoms with van der Waals surface area (Å²) < 4.78 is 83.4. The molecule has 0 N–H and O–H groups in total. The zero-order valence-corrected chi connectivity index (χ0v) is 16.7. The third kappa shape index (κ3) is 6.82. The summed E-state index contributed by atoms with van der Waals surface area (Å²) in [6.07, 6.45) is 5.76. The molecule has 0 heterocycles. The van der Waals surface area contributed by atoms with Gasteiger partial charge in [-0.25, -0.2) is 0 Å². The highest BCUT2D eigenvalue weighted by molar-refractivity contribution is 7.67. The van der Waals surface area contributed by atoms with Crippen molar-refractivity contribution in [3.63, 3.8) is 0 Å². The zero-order valence-electron chi connectivity index (χ0n) is 15.7. The van der Waals surface area contributed by atoms with Gasteiger partial charge in [-0.1, -0.05) is 0 Å². The lowest BCUT2D eigenvalue weighted by Gasteiger charge is -2.24. The second kappa shape index (κ2) is 9.68. The molecular formula is C18H25BF7OP. The van der Waals surface area contributed by atoms with Crippen molar-refractivity contribution < 1.29 is 35.2 Å². The minimum absolute atomic E-state index is 0.465. The molecular weight excluding hydrogens is 407 g/mol. The summed E-state index contributed by atoms with van der Waals surface area (Å²) in [4.78, 5) is 0. The van der Waals surface area contributed by atoms with Crippen LogP contribution in [0.1, 0.15) is 56.9 Å². The number of benzene rings is 1. The molecule has 0 atom stereocenters. The topological polar surface area (TPSA) is 9.23 Å². The van der Waals surface area contributed by atoms with Crippen LogP contribution in [0.15, 0.2) is 18.2 Å². The predicted octanol–water partition coefficient (Wildman–Crippen LogP) is 6.74. The fourth-order valence-electron chi connectivity index (χ4n) is 4.35. The highest BCUT2D eigenvalue weighted by Crippen LogP contribution is 2.57. The van der Waals surface area contributed by atoms with Gasteiger partial charge in [0.1, 0.15) is 5.30 Å². The smallest absolute Gasteiger partial charge is 0.493 e. The molecule has 0 saturated heterocycles. The number of ether oxygens (including phenoxy) is 1. The summed E-state index contributed by atoms with van der Waals surface area (Å²) >= 11 is 0. The van der Waals surface area contributed by atoms with Crippen molar-refractivity contribution in [3.8, 4) is 5.75 Å². The van der Waals surface area contributed by atoms with E-state index < -0.39 is 26.9 Å². The zero-order chi connectivity index (χ0) is 20.9. The molecule has 0 bridgehead atoms. The van der Waals surface area contributed by atoms with Gasteiger partial charge in [0.25, 0.3) is 0 Å². The van der Waals surface area contributed by atoms with Gasteiger partial charge in [0.05, 0.1) is 24.0 Å². The summed E-state index contributed by atoms with van der Waals surface area (Å²) in [6, 6.07) is 4.20. The van der Waals surface area contributed by atoms with Gasteiger partial charge in [-0.05, 0) is 69.6 Å². The molecule has 0 spiro atoms. The highest BCUT2D eigenvalue weighted by atomic mass is 31.1. The first-order chi connectivity index (χ1) is 13.0. The van der Waals surface area contributed by atoms with Gasteiger partial charge in [0, 0.05) is 7.92 Å². The summed E-state index contributed by atoms with van der Waals surface area (Å²) in [6.45, 7) is 0. The maximum Gasteiger partial charge on any atom is 0.673 e. The maximum absolute atomic E-state index is 13.0. The lowest BCUT2D eigenvalue weighted by Crippen LogP contribution is -2.21. The maximum atomic E-state index is 13.0. The first-order valence-electron chi connectivity index (χ1n) is 9.50. The van der Waals surface area contributed by atoms with E-state index in [1.54, 1.807) is 6.07 Å². The number of rotatable bonds is 4. The van der Waals surface area contributed by atoms with E-state index >= 15 is 0 Å². The van der Waals surface area contributed by atoms with Crippen LogP contribution in [-0.4, -0.2) is 25.7 Å². The van der Waals surface area contributed by atoms with Crippen molar-refractivity contribution in [1.29, 1.82) is 0 Å². The minimum Gasteiger partial charge on any atom is -0.493 e. The molecule has 0 radical (unpaired) electrons. The average molecular weight is 432 g/mol. The van der Waals surface area contributed by atoms with E-state index in [1.807, 2.05) is 0 Å². The molecule has 10 heteroatoms. The molecule has 0 aromatic heterocycles. The van der Waals surface area contributed by atoms with Gasteiger partial charge in [0.2, 0.25) is 0 Å². The van der Waals surface area contributed by atoms with Crippen LogP contribution in [0.25, 0.3) is 0 Å². The summed E-state index contributed by atoms with van der Waals surface area (Å²) in [5.41, 5.74) is 0.805. The van der Waals surface area contributed by atoms with Crippen LogP contribution in [0, 0.1) is 0 Å². The van der Waals surface area contributed by atoms with Gasteiger partial charge in [-0.15, -0.1) is 0 Å². The van der Waals surface area contributed by atoms with E-state index in [1.165, 1.54) is 70.6 Å². The van der Waals surface area contributed by atoms with Crippen LogP contribution in [-0.2, 0) is 6.18 Å². The molecule has 0 unspecified atom stereocenters. The quantitative estimate of drug-likeness (QED) is 0.291. The van der Waals surface area contributed by atoms with Gasteiger partial charge in [-0.3, -0.25) is 0 Å². The average Bonchev–Trinajstić information content (AvgIpc) is 3.27. The lowest BCUT2D eigenvalue weighted by atomic mass is 10.2. The largest absolute Gasteiger partial charge is 0.673 e. The Labute approximate surface area is 161 Å². The minimum atomic E-state index is -6.00. The first-order valence-corrected chi connectivity index (χ1v) is 11.2. The Kier molecular flexibility index (Phi) is 8.06. The van der Waals surface area contributed by atoms with Crippen molar-refractivity contribution >= 4 is 20.5 Å². The van der Waals surface area contributed by atoms with Crippen molar-refractivity contribution in [2.24, 2.45) is 0 Å². The van der Waals surface area contributed by atoms with E-state index in [2.05, 4.69) is 0 Å². The predicted molar refractivity (Wildman–Crippen MR) is 101 cm³/mol.